The Bertz CT molecular complexity index is 1000. The zero-order valence-corrected chi connectivity index (χ0v) is 17.6. The molecular formula is C24H25NO5. The molecule has 2 aromatic carbocycles. The molecule has 156 valence electrons. The number of carbonyl (C=O) groups excluding carboxylic acids is 3. The Morgan fingerprint density at radius 1 is 1.00 bits per heavy atom. The van der Waals surface area contributed by atoms with Crippen LogP contribution in [0.15, 0.2) is 54.7 Å². The predicted octanol–water partition coefficient (Wildman–Crippen LogP) is 3.79. The first-order valence-electron chi connectivity index (χ1n) is 9.72. The van der Waals surface area contributed by atoms with E-state index < -0.39 is 23.3 Å². The first kappa shape index (κ1) is 21.3. The van der Waals surface area contributed by atoms with Crippen LogP contribution in [0, 0.1) is 0 Å². The van der Waals surface area contributed by atoms with Gasteiger partial charge in [0.2, 0.25) is 0 Å². The number of methoxy groups -OCH3 is 1. The van der Waals surface area contributed by atoms with E-state index in [2.05, 4.69) is 0 Å². The van der Waals surface area contributed by atoms with E-state index >= 15 is 0 Å². The summed E-state index contributed by atoms with van der Waals surface area (Å²) in [5, 5.41) is 0. The van der Waals surface area contributed by atoms with Gasteiger partial charge in [-0.25, -0.2) is 9.59 Å². The minimum absolute atomic E-state index is 0.259. The third-order valence-electron chi connectivity index (χ3n) is 4.63. The second-order valence-electron chi connectivity index (χ2n) is 8.02. The van der Waals surface area contributed by atoms with Crippen LogP contribution >= 0.6 is 0 Å². The van der Waals surface area contributed by atoms with E-state index in [1.54, 1.807) is 51.2 Å². The van der Waals surface area contributed by atoms with Crippen molar-refractivity contribution in [1.29, 1.82) is 0 Å². The highest BCUT2D eigenvalue weighted by atomic mass is 16.6. The molecule has 6 nitrogen and oxygen atoms in total. The molecule has 3 rings (SSSR count). The molecule has 0 saturated heterocycles. The molecule has 0 saturated carbocycles. The average Bonchev–Trinajstić information content (AvgIpc) is 3.12. The van der Waals surface area contributed by atoms with Crippen molar-refractivity contribution in [3.8, 4) is 0 Å². The number of hydrogen-bond donors (Lipinski definition) is 0. The van der Waals surface area contributed by atoms with Gasteiger partial charge in [0, 0.05) is 18.4 Å². The molecule has 1 aliphatic heterocycles. The Morgan fingerprint density at radius 2 is 1.70 bits per heavy atom. The number of ether oxygens (including phenoxy) is 2. The Morgan fingerprint density at radius 3 is 2.33 bits per heavy atom. The van der Waals surface area contributed by atoms with E-state index in [9.17, 15) is 14.4 Å². The van der Waals surface area contributed by atoms with Gasteiger partial charge >= 0.3 is 11.9 Å². The molecule has 0 aromatic heterocycles. The quantitative estimate of drug-likeness (QED) is 0.427. The van der Waals surface area contributed by atoms with Crippen LogP contribution in [-0.2, 0) is 25.5 Å². The number of ketones is 1. The topological polar surface area (TPSA) is 72.9 Å². The van der Waals surface area contributed by atoms with Gasteiger partial charge in [-0.15, -0.1) is 0 Å². The summed E-state index contributed by atoms with van der Waals surface area (Å²) in [6.45, 7) is 5.79. The number of anilines is 1. The summed E-state index contributed by atoms with van der Waals surface area (Å²) in [7, 11) is 1.35. The van der Waals surface area contributed by atoms with Crippen molar-refractivity contribution in [2.24, 2.45) is 0 Å². The maximum Gasteiger partial charge on any atom is 0.380 e. The minimum Gasteiger partial charge on any atom is -0.465 e. The summed E-state index contributed by atoms with van der Waals surface area (Å²) in [4.78, 5) is 39.1. The fraction of sp³-hybridized carbons (Fsp3) is 0.292. The van der Waals surface area contributed by atoms with Crippen LogP contribution in [0.5, 0.6) is 0 Å². The number of fused-ring (bicyclic) bond motifs is 1. The number of esters is 2. The second-order valence-corrected chi connectivity index (χ2v) is 8.02. The summed E-state index contributed by atoms with van der Waals surface area (Å²) in [5.74, 6) is -1.98. The smallest absolute Gasteiger partial charge is 0.380 e. The SMILES string of the molecule is COC(=O)c1ccc2c(c1)CCN2/C=C(/C(=O)C(=O)OC(C)(C)C)c1ccccc1. The van der Waals surface area contributed by atoms with Gasteiger partial charge in [0.1, 0.15) is 5.60 Å². The lowest BCUT2D eigenvalue weighted by atomic mass is 10.0. The van der Waals surface area contributed by atoms with E-state index in [1.165, 1.54) is 7.11 Å². The van der Waals surface area contributed by atoms with Crippen LogP contribution in [-0.4, -0.2) is 37.0 Å². The highest BCUT2D eigenvalue weighted by Gasteiger charge is 2.28. The molecule has 0 N–H and O–H groups in total. The van der Waals surface area contributed by atoms with Crippen molar-refractivity contribution in [2.45, 2.75) is 32.8 Å². The molecule has 0 unspecified atom stereocenters. The second kappa shape index (κ2) is 8.53. The molecule has 0 bridgehead atoms. The van der Waals surface area contributed by atoms with Gasteiger partial charge in [-0.1, -0.05) is 30.3 Å². The summed E-state index contributed by atoms with van der Waals surface area (Å²) < 4.78 is 10.1. The number of rotatable bonds is 5. The lowest BCUT2D eigenvalue weighted by Crippen LogP contribution is -2.30. The molecule has 6 heteroatoms. The monoisotopic (exact) mass is 407 g/mol. The molecule has 1 heterocycles. The van der Waals surface area contributed by atoms with E-state index in [0.717, 1.165) is 11.3 Å². The van der Waals surface area contributed by atoms with Crippen molar-refractivity contribution in [3.63, 3.8) is 0 Å². The summed E-state index contributed by atoms with van der Waals surface area (Å²) >= 11 is 0. The maximum atomic E-state index is 13.0. The van der Waals surface area contributed by atoms with Crippen LogP contribution < -0.4 is 4.90 Å². The minimum atomic E-state index is -0.891. The zero-order valence-electron chi connectivity index (χ0n) is 17.6. The van der Waals surface area contributed by atoms with Crippen molar-refractivity contribution >= 4 is 29.0 Å². The van der Waals surface area contributed by atoms with Crippen molar-refractivity contribution in [2.75, 3.05) is 18.6 Å². The highest BCUT2D eigenvalue weighted by Crippen LogP contribution is 2.31. The third kappa shape index (κ3) is 4.76. The number of hydrogen-bond acceptors (Lipinski definition) is 6. The zero-order chi connectivity index (χ0) is 21.9. The predicted molar refractivity (Wildman–Crippen MR) is 114 cm³/mol. The summed E-state index contributed by atoms with van der Waals surface area (Å²) in [5.41, 5.74) is 2.47. The standard InChI is InChI=1S/C24H25NO5/c1-24(2,3)30-23(28)21(26)19(16-8-6-5-7-9-16)15-25-13-12-17-14-18(22(27)29-4)10-11-20(17)25/h5-11,14-15H,12-13H2,1-4H3/b19-15+. The van der Waals surface area contributed by atoms with Gasteiger partial charge in [-0.3, -0.25) is 4.79 Å². The summed E-state index contributed by atoms with van der Waals surface area (Å²) in [6, 6.07) is 14.3. The molecule has 0 aliphatic carbocycles. The van der Waals surface area contributed by atoms with E-state index in [0.29, 0.717) is 24.1 Å². The number of carbonyl (C=O) groups is 3. The van der Waals surface area contributed by atoms with Crippen LogP contribution in [0.1, 0.15) is 42.3 Å². The van der Waals surface area contributed by atoms with Crippen molar-refractivity contribution < 1.29 is 23.9 Å². The van der Waals surface area contributed by atoms with Gasteiger partial charge < -0.3 is 14.4 Å². The Hall–Kier alpha value is -3.41. The number of Topliss-reactive ketones (excluding diaryl/α,β-unsaturated/α-hetero) is 1. The van der Waals surface area contributed by atoms with Gasteiger partial charge in [0.15, 0.2) is 0 Å². The molecule has 30 heavy (non-hydrogen) atoms. The Balaban J connectivity index is 1.97. The lowest BCUT2D eigenvalue weighted by Gasteiger charge is -2.20. The van der Waals surface area contributed by atoms with Gasteiger partial charge in [0.25, 0.3) is 5.78 Å². The van der Waals surface area contributed by atoms with Crippen LogP contribution in [0.25, 0.3) is 5.57 Å². The first-order valence-corrected chi connectivity index (χ1v) is 9.72. The summed E-state index contributed by atoms with van der Waals surface area (Å²) in [6.07, 6.45) is 2.39. The lowest BCUT2D eigenvalue weighted by molar-refractivity contribution is -0.160. The van der Waals surface area contributed by atoms with Crippen LogP contribution in [0.3, 0.4) is 0 Å². The largest absolute Gasteiger partial charge is 0.465 e. The van der Waals surface area contributed by atoms with Gasteiger partial charge in [-0.2, -0.15) is 0 Å². The number of nitrogens with zero attached hydrogens (tertiary/aromatic N) is 1. The van der Waals surface area contributed by atoms with E-state index in [4.69, 9.17) is 9.47 Å². The van der Waals surface area contributed by atoms with Crippen molar-refractivity contribution in [3.05, 3.63) is 71.4 Å². The molecule has 0 atom stereocenters. The Kier molecular flexibility index (Phi) is 6.06. The molecule has 0 spiro atoms. The fourth-order valence-electron chi connectivity index (χ4n) is 3.28. The van der Waals surface area contributed by atoms with E-state index in [1.807, 2.05) is 29.2 Å². The molecule has 0 fully saturated rings. The molecular weight excluding hydrogens is 382 g/mol. The van der Waals surface area contributed by atoms with Gasteiger partial charge in [0.05, 0.1) is 18.2 Å². The van der Waals surface area contributed by atoms with Crippen LogP contribution in [0.4, 0.5) is 5.69 Å². The normalized spacial score (nSPS) is 13.6. The third-order valence-corrected chi connectivity index (χ3v) is 4.63. The maximum absolute atomic E-state index is 13.0. The number of benzene rings is 2. The fourth-order valence-corrected chi connectivity index (χ4v) is 3.28. The van der Waals surface area contributed by atoms with Crippen molar-refractivity contribution in [1.82, 2.24) is 0 Å². The first-order chi connectivity index (χ1) is 14.2. The van der Waals surface area contributed by atoms with E-state index in [-0.39, 0.29) is 5.57 Å². The molecule has 2 aromatic rings. The average molecular weight is 407 g/mol. The molecule has 0 amide bonds. The highest BCUT2D eigenvalue weighted by molar-refractivity contribution is 6.51. The van der Waals surface area contributed by atoms with Crippen LogP contribution in [0.2, 0.25) is 0 Å². The Labute approximate surface area is 176 Å². The molecule has 0 radical (unpaired) electrons. The van der Waals surface area contributed by atoms with Gasteiger partial charge in [-0.05, 0) is 56.5 Å². The molecule has 1 aliphatic rings.